The van der Waals surface area contributed by atoms with Gasteiger partial charge in [0.1, 0.15) is 0 Å². The van der Waals surface area contributed by atoms with E-state index in [-0.39, 0.29) is 6.04 Å². The average molecular weight is 397 g/mol. The summed E-state index contributed by atoms with van der Waals surface area (Å²) < 4.78 is 2.07. The van der Waals surface area contributed by atoms with E-state index in [0.29, 0.717) is 23.7 Å². The highest BCUT2D eigenvalue weighted by atomic mass is 35.5. The van der Waals surface area contributed by atoms with Crippen LogP contribution in [0.1, 0.15) is 51.4 Å². The molecule has 3 aromatic rings. The molecule has 1 aromatic heterocycles. The second kappa shape index (κ2) is 8.63. The number of carbonyl (C=O) groups is 1. The van der Waals surface area contributed by atoms with Crippen molar-refractivity contribution in [2.24, 2.45) is 0 Å². The van der Waals surface area contributed by atoms with Crippen LogP contribution in [-0.2, 0) is 13.1 Å². The number of rotatable bonds is 7. The Morgan fingerprint density at radius 2 is 1.71 bits per heavy atom. The summed E-state index contributed by atoms with van der Waals surface area (Å²) >= 11 is 5.98. The van der Waals surface area contributed by atoms with E-state index in [4.69, 9.17) is 11.6 Å². The van der Waals surface area contributed by atoms with Crippen LogP contribution in [0.3, 0.4) is 0 Å². The summed E-state index contributed by atoms with van der Waals surface area (Å²) in [5.74, 6) is -0.889. The molecule has 0 aliphatic carbocycles. The zero-order chi connectivity index (χ0) is 20.3. The van der Waals surface area contributed by atoms with Crippen LogP contribution in [0.15, 0.2) is 54.6 Å². The number of nitrogens with one attached hydrogen (secondary N) is 1. The number of aromatic nitrogens is 1. The molecule has 4 nitrogen and oxygen atoms in total. The maximum absolute atomic E-state index is 12.0. The summed E-state index contributed by atoms with van der Waals surface area (Å²) in [6, 6.07) is 17.9. The SMILES string of the molecule is Cc1c(CNC(C)c2ccccc2)c(C(=O)O)c(C)n1Cc1ccc(Cl)cc1. The van der Waals surface area contributed by atoms with Crippen LogP contribution in [-0.4, -0.2) is 15.6 Å². The Morgan fingerprint density at radius 3 is 2.32 bits per heavy atom. The maximum Gasteiger partial charge on any atom is 0.337 e. The Bertz CT molecular complexity index is 963. The van der Waals surface area contributed by atoms with E-state index in [1.54, 1.807) is 0 Å². The first-order valence-electron chi connectivity index (χ1n) is 9.33. The Morgan fingerprint density at radius 1 is 1.07 bits per heavy atom. The van der Waals surface area contributed by atoms with Gasteiger partial charge in [-0.2, -0.15) is 0 Å². The molecule has 1 heterocycles. The van der Waals surface area contributed by atoms with Gasteiger partial charge in [0.05, 0.1) is 5.56 Å². The fraction of sp³-hybridized carbons (Fsp3) is 0.261. The lowest BCUT2D eigenvalue weighted by Gasteiger charge is -2.15. The molecule has 0 fully saturated rings. The summed E-state index contributed by atoms with van der Waals surface area (Å²) in [7, 11) is 0. The number of halogens is 1. The first-order valence-corrected chi connectivity index (χ1v) is 9.71. The maximum atomic E-state index is 12.0. The lowest BCUT2D eigenvalue weighted by atomic mass is 10.1. The van der Waals surface area contributed by atoms with Gasteiger partial charge in [-0.3, -0.25) is 0 Å². The van der Waals surface area contributed by atoms with Crippen LogP contribution in [0.4, 0.5) is 0 Å². The van der Waals surface area contributed by atoms with Crippen molar-refractivity contribution in [3.8, 4) is 0 Å². The minimum Gasteiger partial charge on any atom is -0.478 e. The molecule has 2 aromatic carbocycles. The lowest BCUT2D eigenvalue weighted by Crippen LogP contribution is -2.19. The Balaban J connectivity index is 1.87. The van der Waals surface area contributed by atoms with E-state index < -0.39 is 5.97 Å². The molecule has 0 bridgehead atoms. The Hall–Kier alpha value is -2.56. The monoisotopic (exact) mass is 396 g/mol. The van der Waals surface area contributed by atoms with Crippen LogP contribution in [0.5, 0.6) is 0 Å². The number of hydrogen-bond donors (Lipinski definition) is 2. The molecule has 0 amide bonds. The van der Waals surface area contributed by atoms with E-state index in [1.165, 1.54) is 5.56 Å². The van der Waals surface area contributed by atoms with Gasteiger partial charge in [0, 0.05) is 41.1 Å². The Labute approximate surface area is 170 Å². The molecular formula is C23H25ClN2O2. The predicted molar refractivity (Wildman–Crippen MR) is 113 cm³/mol. The molecule has 5 heteroatoms. The lowest BCUT2D eigenvalue weighted by molar-refractivity contribution is 0.0694. The molecule has 0 aliphatic rings. The molecule has 0 spiro atoms. The highest BCUT2D eigenvalue weighted by molar-refractivity contribution is 6.30. The quantitative estimate of drug-likeness (QED) is 0.565. The van der Waals surface area contributed by atoms with E-state index in [0.717, 1.165) is 22.5 Å². The molecule has 0 saturated heterocycles. The number of benzene rings is 2. The van der Waals surface area contributed by atoms with Gasteiger partial charge >= 0.3 is 5.97 Å². The standard InChI is InChI=1S/C23H25ClN2O2/c1-15(19-7-5-4-6-8-19)25-13-21-16(2)26(17(3)22(21)23(27)28)14-18-9-11-20(24)12-10-18/h4-12,15,25H,13-14H2,1-3H3,(H,27,28). The van der Waals surface area contributed by atoms with Gasteiger partial charge in [-0.15, -0.1) is 0 Å². The number of aromatic carboxylic acids is 1. The molecule has 1 unspecified atom stereocenters. The minimum absolute atomic E-state index is 0.127. The first-order chi connectivity index (χ1) is 13.4. The van der Waals surface area contributed by atoms with Gasteiger partial charge < -0.3 is 15.0 Å². The molecule has 0 radical (unpaired) electrons. The molecule has 28 heavy (non-hydrogen) atoms. The number of hydrogen-bond acceptors (Lipinski definition) is 2. The van der Waals surface area contributed by atoms with E-state index >= 15 is 0 Å². The third-order valence-electron chi connectivity index (χ3n) is 5.26. The fourth-order valence-corrected chi connectivity index (χ4v) is 3.70. The van der Waals surface area contributed by atoms with Crippen LogP contribution in [0.2, 0.25) is 5.02 Å². The van der Waals surface area contributed by atoms with Crippen LogP contribution in [0, 0.1) is 13.8 Å². The number of nitrogens with zero attached hydrogens (tertiary/aromatic N) is 1. The predicted octanol–water partition coefficient (Wildman–Crippen LogP) is 5.36. The minimum atomic E-state index is -0.889. The summed E-state index contributed by atoms with van der Waals surface area (Å²) in [5.41, 5.74) is 5.22. The molecule has 1 atom stereocenters. The number of carboxylic acid groups (broad SMARTS) is 1. The van der Waals surface area contributed by atoms with Gasteiger partial charge in [0.15, 0.2) is 0 Å². The zero-order valence-electron chi connectivity index (χ0n) is 16.4. The summed E-state index contributed by atoms with van der Waals surface area (Å²) in [4.78, 5) is 12.0. The third-order valence-corrected chi connectivity index (χ3v) is 5.51. The molecule has 3 rings (SSSR count). The van der Waals surface area contributed by atoms with Gasteiger partial charge in [0.25, 0.3) is 0 Å². The van der Waals surface area contributed by atoms with E-state index in [2.05, 4.69) is 28.9 Å². The van der Waals surface area contributed by atoms with Crippen molar-refractivity contribution in [3.63, 3.8) is 0 Å². The van der Waals surface area contributed by atoms with Gasteiger partial charge in [-0.05, 0) is 44.0 Å². The smallest absolute Gasteiger partial charge is 0.337 e. The first kappa shape index (κ1) is 20.2. The topological polar surface area (TPSA) is 54.3 Å². The van der Waals surface area contributed by atoms with Gasteiger partial charge in [0.2, 0.25) is 0 Å². The fourth-order valence-electron chi connectivity index (χ4n) is 3.57. The van der Waals surface area contributed by atoms with Gasteiger partial charge in [-0.25, -0.2) is 4.79 Å². The van der Waals surface area contributed by atoms with Crippen molar-refractivity contribution in [1.29, 1.82) is 0 Å². The summed E-state index contributed by atoms with van der Waals surface area (Å²) in [6.07, 6.45) is 0. The second-order valence-corrected chi connectivity index (χ2v) is 7.49. The third kappa shape index (κ3) is 4.29. The Kier molecular flexibility index (Phi) is 6.22. The van der Waals surface area contributed by atoms with Crippen molar-refractivity contribution in [2.45, 2.75) is 39.9 Å². The molecule has 0 saturated carbocycles. The van der Waals surface area contributed by atoms with Crippen molar-refractivity contribution in [2.75, 3.05) is 0 Å². The normalized spacial score (nSPS) is 12.1. The highest BCUT2D eigenvalue weighted by Gasteiger charge is 2.23. The molecule has 0 aliphatic heterocycles. The van der Waals surface area contributed by atoms with Crippen LogP contribution in [0.25, 0.3) is 0 Å². The van der Waals surface area contributed by atoms with Crippen molar-refractivity contribution in [3.05, 3.63) is 93.3 Å². The number of carboxylic acids is 1. The molecular weight excluding hydrogens is 372 g/mol. The second-order valence-electron chi connectivity index (χ2n) is 7.06. The van der Waals surface area contributed by atoms with Crippen molar-refractivity contribution >= 4 is 17.6 Å². The van der Waals surface area contributed by atoms with E-state index in [1.807, 2.05) is 56.3 Å². The average Bonchev–Trinajstić information content (AvgIpc) is 2.92. The molecule has 146 valence electrons. The highest BCUT2D eigenvalue weighted by Crippen LogP contribution is 2.25. The van der Waals surface area contributed by atoms with Crippen molar-refractivity contribution in [1.82, 2.24) is 9.88 Å². The summed E-state index contributed by atoms with van der Waals surface area (Å²) in [5, 5.41) is 14.0. The van der Waals surface area contributed by atoms with Crippen LogP contribution < -0.4 is 5.32 Å². The van der Waals surface area contributed by atoms with E-state index in [9.17, 15) is 9.90 Å². The van der Waals surface area contributed by atoms with Crippen molar-refractivity contribution < 1.29 is 9.90 Å². The molecule has 2 N–H and O–H groups in total. The largest absolute Gasteiger partial charge is 0.478 e. The van der Waals surface area contributed by atoms with Gasteiger partial charge in [-0.1, -0.05) is 54.1 Å². The summed E-state index contributed by atoms with van der Waals surface area (Å²) in [6.45, 7) is 7.06. The van der Waals surface area contributed by atoms with Crippen LogP contribution >= 0.6 is 11.6 Å². The zero-order valence-corrected chi connectivity index (χ0v) is 17.1.